The zero-order chi connectivity index (χ0) is 16.6. The Morgan fingerprint density at radius 1 is 1.17 bits per heavy atom. The number of carbonyl (C=O) groups is 1. The number of nitrogens with two attached hydrogens (primary N) is 1. The van der Waals surface area contributed by atoms with Crippen LogP contribution >= 0.6 is 0 Å². The molecule has 120 valence electrons. The van der Waals surface area contributed by atoms with Gasteiger partial charge < -0.3 is 5.73 Å². The molecule has 3 rings (SSSR count). The summed E-state index contributed by atoms with van der Waals surface area (Å²) >= 11 is 0. The topological polar surface area (TPSA) is 89.3 Å². The molecule has 0 saturated heterocycles. The lowest BCUT2D eigenvalue weighted by Crippen LogP contribution is -2.27. The van der Waals surface area contributed by atoms with Crippen molar-refractivity contribution in [2.75, 3.05) is 0 Å². The van der Waals surface area contributed by atoms with Gasteiger partial charge in [0.25, 0.3) is 0 Å². The molecule has 0 fully saturated rings. The highest BCUT2D eigenvalue weighted by Gasteiger charge is 2.27. The number of sulfonamides is 1. The van der Waals surface area contributed by atoms with Gasteiger partial charge in [0.2, 0.25) is 15.9 Å². The molecule has 5 nitrogen and oxygen atoms in total. The average Bonchev–Trinajstić information content (AvgIpc) is 2.89. The van der Waals surface area contributed by atoms with E-state index in [2.05, 4.69) is 4.72 Å². The third kappa shape index (κ3) is 3.11. The minimum atomic E-state index is -3.73. The van der Waals surface area contributed by atoms with Gasteiger partial charge in [0.1, 0.15) is 5.82 Å². The molecule has 0 aliphatic heterocycles. The summed E-state index contributed by atoms with van der Waals surface area (Å²) in [6.45, 7) is 0. The van der Waals surface area contributed by atoms with Gasteiger partial charge in [0.15, 0.2) is 0 Å². The number of rotatable bonds is 4. The Kier molecular flexibility index (Phi) is 3.91. The summed E-state index contributed by atoms with van der Waals surface area (Å²) in [4.78, 5) is 11.1. The molecule has 1 unspecified atom stereocenters. The van der Waals surface area contributed by atoms with Crippen molar-refractivity contribution < 1.29 is 17.6 Å². The third-order valence-corrected chi connectivity index (χ3v) is 5.42. The van der Waals surface area contributed by atoms with E-state index >= 15 is 0 Å². The largest absolute Gasteiger partial charge is 0.366 e. The predicted molar refractivity (Wildman–Crippen MR) is 82.7 cm³/mol. The first kappa shape index (κ1) is 15.6. The first-order valence-electron chi connectivity index (χ1n) is 7.07. The van der Waals surface area contributed by atoms with Crippen LogP contribution in [0.15, 0.2) is 47.4 Å². The van der Waals surface area contributed by atoms with Crippen molar-refractivity contribution in [2.24, 2.45) is 5.73 Å². The lowest BCUT2D eigenvalue weighted by molar-refractivity contribution is 0.1000. The van der Waals surface area contributed by atoms with E-state index in [0.29, 0.717) is 12.8 Å². The van der Waals surface area contributed by atoms with Crippen molar-refractivity contribution in [3.63, 3.8) is 0 Å². The smallest absolute Gasteiger partial charge is 0.248 e. The molecule has 0 radical (unpaired) electrons. The van der Waals surface area contributed by atoms with Crippen molar-refractivity contribution in [3.8, 4) is 0 Å². The fourth-order valence-electron chi connectivity index (χ4n) is 2.76. The van der Waals surface area contributed by atoms with Gasteiger partial charge >= 0.3 is 0 Å². The second kappa shape index (κ2) is 5.75. The van der Waals surface area contributed by atoms with Crippen molar-refractivity contribution in [2.45, 2.75) is 23.8 Å². The second-order valence-electron chi connectivity index (χ2n) is 5.44. The number of hydrogen-bond donors (Lipinski definition) is 2. The number of carbonyl (C=O) groups excluding carboxylic acids is 1. The zero-order valence-electron chi connectivity index (χ0n) is 12.1. The molecule has 0 bridgehead atoms. The number of nitrogens with one attached hydrogen (secondary N) is 1. The summed E-state index contributed by atoms with van der Waals surface area (Å²) in [6.07, 6.45) is 1.21. The highest BCUT2D eigenvalue weighted by Crippen LogP contribution is 2.32. The number of benzene rings is 2. The molecule has 3 N–H and O–H groups in total. The Morgan fingerprint density at radius 2 is 1.87 bits per heavy atom. The van der Waals surface area contributed by atoms with E-state index in [1.807, 2.05) is 0 Å². The summed E-state index contributed by atoms with van der Waals surface area (Å²) in [5.74, 6) is -0.942. The van der Waals surface area contributed by atoms with Crippen LogP contribution < -0.4 is 10.5 Å². The van der Waals surface area contributed by atoms with Crippen molar-refractivity contribution in [3.05, 3.63) is 65.0 Å². The van der Waals surface area contributed by atoms with Crippen molar-refractivity contribution in [1.82, 2.24) is 4.72 Å². The van der Waals surface area contributed by atoms with Crippen LogP contribution in [0.5, 0.6) is 0 Å². The van der Waals surface area contributed by atoms with Crippen LogP contribution in [0.2, 0.25) is 0 Å². The molecule has 23 heavy (non-hydrogen) atoms. The summed E-state index contributed by atoms with van der Waals surface area (Å²) in [5.41, 5.74) is 6.99. The lowest BCUT2D eigenvalue weighted by atomic mass is 10.1. The van der Waals surface area contributed by atoms with Gasteiger partial charge in [-0.25, -0.2) is 17.5 Å². The highest BCUT2D eigenvalue weighted by molar-refractivity contribution is 7.89. The van der Waals surface area contributed by atoms with Gasteiger partial charge in [-0.3, -0.25) is 4.79 Å². The van der Waals surface area contributed by atoms with Crippen LogP contribution in [-0.2, 0) is 16.4 Å². The van der Waals surface area contributed by atoms with Crippen LogP contribution in [0.25, 0.3) is 0 Å². The van der Waals surface area contributed by atoms with Crippen molar-refractivity contribution in [1.29, 1.82) is 0 Å². The minimum Gasteiger partial charge on any atom is -0.366 e. The monoisotopic (exact) mass is 334 g/mol. The Morgan fingerprint density at radius 3 is 2.52 bits per heavy atom. The van der Waals surface area contributed by atoms with Gasteiger partial charge in [0, 0.05) is 11.6 Å². The van der Waals surface area contributed by atoms with Gasteiger partial charge in [0.05, 0.1) is 4.90 Å². The summed E-state index contributed by atoms with van der Waals surface area (Å²) in [6, 6.07) is 9.40. The van der Waals surface area contributed by atoms with E-state index in [-0.39, 0.29) is 22.3 Å². The Bertz CT molecular complexity index is 863. The van der Waals surface area contributed by atoms with Gasteiger partial charge in [-0.05, 0) is 60.4 Å². The molecule has 2 aromatic rings. The Hall–Kier alpha value is -2.25. The number of amides is 1. The first-order chi connectivity index (χ1) is 10.9. The summed E-state index contributed by atoms with van der Waals surface area (Å²) < 4.78 is 40.7. The van der Waals surface area contributed by atoms with E-state index in [4.69, 9.17) is 5.73 Å². The van der Waals surface area contributed by atoms with E-state index in [1.54, 1.807) is 6.07 Å². The molecule has 0 spiro atoms. The number of primary amides is 1. The molecule has 1 aliphatic rings. The SMILES string of the molecule is NC(=O)c1ccc(S(=O)(=O)NC2CCc3cc(F)ccc32)cc1. The molecule has 0 saturated carbocycles. The Labute approximate surface area is 133 Å². The van der Waals surface area contributed by atoms with E-state index in [0.717, 1.165) is 11.1 Å². The standard InChI is InChI=1S/C16H15FN2O3S/c17-12-4-7-14-11(9-12)3-8-15(14)19-23(21,22)13-5-1-10(2-6-13)16(18)20/h1-2,4-7,9,15,19H,3,8H2,(H2,18,20). The normalized spacial score (nSPS) is 17.0. The summed E-state index contributed by atoms with van der Waals surface area (Å²) in [5, 5.41) is 0. The molecule has 1 amide bonds. The fraction of sp³-hybridized carbons (Fsp3) is 0.188. The third-order valence-electron chi connectivity index (χ3n) is 3.93. The number of hydrogen-bond acceptors (Lipinski definition) is 3. The number of halogens is 1. The first-order valence-corrected chi connectivity index (χ1v) is 8.56. The van der Waals surface area contributed by atoms with E-state index in [9.17, 15) is 17.6 Å². The molecular weight excluding hydrogens is 319 g/mol. The fourth-order valence-corrected chi connectivity index (χ4v) is 4.01. The van der Waals surface area contributed by atoms with Crippen LogP contribution in [0, 0.1) is 5.82 Å². The van der Waals surface area contributed by atoms with Gasteiger partial charge in [-0.1, -0.05) is 6.07 Å². The number of aryl methyl sites for hydroxylation is 1. The molecular formula is C16H15FN2O3S. The molecule has 1 aliphatic carbocycles. The molecule has 2 aromatic carbocycles. The van der Waals surface area contributed by atoms with Crippen LogP contribution in [0.1, 0.15) is 33.9 Å². The number of fused-ring (bicyclic) bond motifs is 1. The van der Waals surface area contributed by atoms with E-state index in [1.165, 1.54) is 36.4 Å². The lowest BCUT2D eigenvalue weighted by Gasteiger charge is -2.14. The maximum absolute atomic E-state index is 13.2. The minimum absolute atomic E-state index is 0.0538. The second-order valence-corrected chi connectivity index (χ2v) is 7.16. The maximum Gasteiger partial charge on any atom is 0.248 e. The van der Waals surface area contributed by atoms with Crippen LogP contribution in [0.3, 0.4) is 0 Å². The van der Waals surface area contributed by atoms with Gasteiger partial charge in [-0.15, -0.1) is 0 Å². The molecule has 7 heteroatoms. The quantitative estimate of drug-likeness (QED) is 0.895. The van der Waals surface area contributed by atoms with Gasteiger partial charge in [-0.2, -0.15) is 0 Å². The Balaban J connectivity index is 1.84. The molecule has 0 heterocycles. The average molecular weight is 334 g/mol. The summed E-state index contributed by atoms with van der Waals surface area (Å²) in [7, 11) is -3.73. The van der Waals surface area contributed by atoms with Crippen LogP contribution in [-0.4, -0.2) is 14.3 Å². The predicted octanol–water partition coefficient (Wildman–Crippen LogP) is 1.89. The van der Waals surface area contributed by atoms with E-state index < -0.39 is 15.9 Å². The zero-order valence-corrected chi connectivity index (χ0v) is 12.9. The van der Waals surface area contributed by atoms with Crippen LogP contribution in [0.4, 0.5) is 4.39 Å². The highest BCUT2D eigenvalue weighted by atomic mass is 32.2. The maximum atomic E-state index is 13.2. The molecule has 0 aromatic heterocycles. The molecule has 1 atom stereocenters. The van der Waals surface area contributed by atoms with Crippen molar-refractivity contribution >= 4 is 15.9 Å².